The number of fused-ring (bicyclic) bond motifs is 1. The minimum atomic E-state index is -2.09. The Bertz CT molecular complexity index is 1060. The van der Waals surface area contributed by atoms with Crippen molar-refractivity contribution < 1.29 is 32.7 Å². The summed E-state index contributed by atoms with van der Waals surface area (Å²) in [6.45, 7) is 9.86. The van der Waals surface area contributed by atoms with Crippen molar-refractivity contribution in [2.24, 2.45) is 11.8 Å². The predicted octanol–water partition coefficient (Wildman–Crippen LogP) is 4.07. The molecule has 3 unspecified atom stereocenters. The van der Waals surface area contributed by atoms with Crippen molar-refractivity contribution in [2.75, 3.05) is 0 Å². The number of carboxylic acids is 1. The molecule has 0 spiro atoms. The molecular formula is C25H29NO7PSi-. The summed E-state index contributed by atoms with van der Waals surface area (Å²) >= 11 is 0. The molecule has 2 aliphatic rings. The van der Waals surface area contributed by atoms with Crippen LogP contribution in [-0.2, 0) is 18.5 Å². The Kier molecular flexibility index (Phi) is 7.21. The van der Waals surface area contributed by atoms with Crippen LogP contribution in [0.1, 0.15) is 13.8 Å². The molecule has 0 radical (unpaired) electrons. The summed E-state index contributed by atoms with van der Waals surface area (Å²) in [4.78, 5) is 26.5. The molecule has 10 heteroatoms. The fourth-order valence-corrected chi connectivity index (χ4v) is 6.90. The number of rotatable bonds is 10. The minimum Gasteiger partial charge on any atom is -0.543 e. The van der Waals surface area contributed by atoms with E-state index in [0.717, 1.165) is 0 Å². The van der Waals surface area contributed by atoms with Crippen LogP contribution in [0.15, 0.2) is 72.1 Å². The third kappa shape index (κ3) is 5.37. The quantitative estimate of drug-likeness (QED) is 0.268. The van der Waals surface area contributed by atoms with Gasteiger partial charge >= 0.3 is 8.60 Å². The predicted molar refractivity (Wildman–Crippen MR) is 131 cm³/mol. The topological polar surface area (TPSA) is 97.4 Å². The average molecular weight is 515 g/mol. The largest absolute Gasteiger partial charge is 0.543 e. The number of hydrogen-bond acceptors (Lipinski definition) is 7. The van der Waals surface area contributed by atoms with Crippen molar-refractivity contribution in [2.45, 2.75) is 45.6 Å². The highest BCUT2D eigenvalue weighted by molar-refractivity contribution is 7.42. The molecular weight excluding hydrogens is 485 g/mol. The third-order valence-corrected chi connectivity index (χ3v) is 7.99. The van der Waals surface area contributed by atoms with E-state index in [4.69, 9.17) is 18.0 Å². The van der Waals surface area contributed by atoms with Gasteiger partial charge < -0.3 is 32.8 Å². The van der Waals surface area contributed by atoms with E-state index in [1.54, 1.807) is 24.3 Å². The molecule has 4 rings (SSSR count). The van der Waals surface area contributed by atoms with Gasteiger partial charge in [0.1, 0.15) is 23.0 Å². The van der Waals surface area contributed by atoms with Crippen LogP contribution in [0.5, 0.6) is 11.5 Å². The number of amides is 1. The van der Waals surface area contributed by atoms with Gasteiger partial charge in [-0.05, 0) is 50.8 Å². The first-order chi connectivity index (χ1) is 16.6. The second-order valence-electron chi connectivity index (χ2n) is 9.57. The Labute approximate surface area is 207 Å². The molecule has 1 amide bonds. The van der Waals surface area contributed by atoms with Crippen LogP contribution >= 0.6 is 8.60 Å². The van der Waals surface area contributed by atoms with Crippen molar-refractivity contribution in [1.29, 1.82) is 0 Å². The van der Waals surface area contributed by atoms with E-state index in [1.807, 2.05) is 50.2 Å². The monoisotopic (exact) mass is 514 g/mol. The Morgan fingerprint density at radius 3 is 1.94 bits per heavy atom. The fourth-order valence-electron chi connectivity index (χ4n) is 4.52. The zero-order valence-corrected chi connectivity index (χ0v) is 22.2. The molecule has 2 heterocycles. The number of para-hydroxylation sites is 2. The second-order valence-corrected chi connectivity index (χ2v) is 15.0. The van der Waals surface area contributed by atoms with Gasteiger partial charge in [0.25, 0.3) is 0 Å². The Morgan fingerprint density at radius 2 is 1.49 bits per heavy atom. The molecule has 186 valence electrons. The Morgan fingerprint density at radius 1 is 0.971 bits per heavy atom. The number of aliphatic carboxylic acids is 1. The third-order valence-electron chi connectivity index (χ3n) is 5.85. The molecule has 8 nitrogen and oxygen atoms in total. The van der Waals surface area contributed by atoms with Gasteiger partial charge in [-0.15, -0.1) is 0 Å². The standard InChI is InChI=1S/C25H30NO7PSi/c1-16-21-20(17(2)33-35(3,4)5)24(27)26(21)22(25(28)29)23(16)32-34(30-18-12-8-6-9-13-18)31-19-14-10-7-11-15-19/h6-17,20-21H,1-5H3,(H,28,29)/p-1/t16?,17-,20?,21?/m1/s1. The molecule has 0 saturated carbocycles. The maximum Gasteiger partial charge on any atom is 0.530 e. The summed E-state index contributed by atoms with van der Waals surface area (Å²) < 4.78 is 24.2. The SMILES string of the molecule is CC1C(OP(Oc2ccccc2)Oc2ccccc2)=C(C(=O)[O-])N2C(=O)C([C@@H](C)O[Si](C)(C)C)C12. The van der Waals surface area contributed by atoms with Crippen LogP contribution in [0.4, 0.5) is 0 Å². The molecule has 2 aliphatic heterocycles. The van der Waals surface area contributed by atoms with E-state index in [1.165, 1.54) is 4.90 Å². The van der Waals surface area contributed by atoms with Gasteiger partial charge in [0, 0.05) is 5.92 Å². The van der Waals surface area contributed by atoms with Gasteiger partial charge in [0.05, 0.1) is 24.0 Å². The maximum atomic E-state index is 13.1. The van der Waals surface area contributed by atoms with Crippen LogP contribution < -0.4 is 14.2 Å². The number of carboxylic acid groups (broad SMARTS) is 1. The van der Waals surface area contributed by atoms with Crippen LogP contribution in [0.3, 0.4) is 0 Å². The fraction of sp³-hybridized carbons (Fsp3) is 0.360. The van der Waals surface area contributed by atoms with Gasteiger partial charge in [-0.3, -0.25) is 4.79 Å². The lowest BCUT2D eigenvalue weighted by molar-refractivity contribution is -0.301. The lowest BCUT2D eigenvalue weighted by Gasteiger charge is -2.48. The highest BCUT2D eigenvalue weighted by Crippen LogP contribution is 2.53. The number of hydrogen-bond donors (Lipinski definition) is 0. The molecule has 2 aromatic rings. The normalized spacial score (nSPS) is 22.5. The van der Waals surface area contributed by atoms with E-state index >= 15 is 0 Å². The molecule has 1 fully saturated rings. The summed E-state index contributed by atoms with van der Waals surface area (Å²) in [7, 11) is -4.00. The summed E-state index contributed by atoms with van der Waals surface area (Å²) in [5.74, 6) is -1.54. The second kappa shape index (κ2) is 10.0. The summed E-state index contributed by atoms with van der Waals surface area (Å²) in [6.07, 6.45) is -0.345. The Balaban J connectivity index is 1.61. The first-order valence-electron chi connectivity index (χ1n) is 11.5. The van der Waals surface area contributed by atoms with Crippen LogP contribution in [0, 0.1) is 11.8 Å². The van der Waals surface area contributed by atoms with Crippen LogP contribution in [0.2, 0.25) is 19.6 Å². The van der Waals surface area contributed by atoms with Crippen molar-refractivity contribution in [1.82, 2.24) is 4.90 Å². The summed E-state index contributed by atoms with van der Waals surface area (Å²) in [5, 5.41) is 12.2. The molecule has 1 saturated heterocycles. The summed E-state index contributed by atoms with van der Waals surface area (Å²) in [5.41, 5.74) is -0.273. The van der Waals surface area contributed by atoms with Crippen molar-refractivity contribution in [3.05, 3.63) is 72.1 Å². The molecule has 0 N–H and O–H groups in total. The lowest BCUT2D eigenvalue weighted by atomic mass is 9.79. The van der Waals surface area contributed by atoms with Gasteiger partial charge in [-0.1, -0.05) is 43.3 Å². The van der Waals surface area contributed by atoms with Crippen LogP contribution in [-0.4, -0.2) is 37.2 Å². The minimum absolute atomic E-state index is 0.115. The first kappa shape index (κ1) is 25.2. The number of carbonyl (C=O) groups is 2. The zero-order valence-electron chi connectivity index (χ0n) is 20.3. The number of benzene rings is 2. The number of β-lactam (4-membered cyclic amide) rings is 1. The first-order valence-corrected chi connectivity index (χ1v) is 16.0. The van der Waals surface area contributed by atoms with Gasteiger partial charge in [-0.2, -0.15) is 0 Å². The van der Waals surface area contributed by atoms with Gasteiger partial charge in [0.2, 0.25) is 5.91 Å². The molecule has 35 heavy (non-hydrogen) atoms. The average Bonchev–Trinajstić information content (AvgIpc) is 3.02. The molecule has 4 atom stereocenters. The van der Waals surface area contributed by atoms with Crippen molar-refractivity contribution in [3.8, 4) is 11.5 Å². The van der Waals surface area contributed by atoms with E-state index in [-0.39, 0.29) is 23.5 Å². The van der Waals surface area contributed by atoms with E-state index in [0.29, 0.717) is 11.5 Å². The number of carbonyl (C=O) groups excluding carboxylic acids is 2. The number of nitrogens with zero attached hydrogens (tertiary/aromatic N) is 1. The zero-order chi connectivity index (χ0) is 25.3. The van der Waals surface area contributed by atoms with Gasteiger partial charge in [0.15, 0.2) is 8.32 Å². The van der Waals surface area contributed by atoms with Crippen LogP contribution in [0.25, 0.3) is 0 Å². The highest BCUT2D eigenvalue weighted by Gasteiger charge is 2.60. The summed E-state index contributed by atoms with van der Waals surface area (Å²) in [6, 6.07) is 17.5. The molecule has 0 aromatic heterocycles. The molecule has 0 bridgehead atoms. The Hall–Kier alpha value is -2.87. The van der Waals surface area contributed by atoms with Gasteiger partial charge in [-0.25, -0.2) is 0 Å². The van der Waals surface area contributed by atoms with Crippen molar-refractivity contribution >= 4 is 28.8 Å². The van der Waals surface area contributed by atoms with E-state index in [9.17, 15) is 14.7 Å². The van der Waals surface area contributed by atoms with Crippen molar-refractivity contribution in [3.63, 3.8) is 0 Å². The lowest BCUT2D eigenvalue weighted by Crippen LogP contribution is -2.65. The smallest absolute Gasteiger partial charge is 0.530 e. The molecule has 2 aromatic carbocycles. The van der Waals surface area contributed by atoms with E-state index < -0.39 is 40.8 Å². The molecule has 0 aliphatic carbocycles. The highest BCUT2D eigenvalue weighted by atomic mass is 31.2. The maximum absolute atomic E-state index is 13.1. The van der Waals surface area contributed by atoms with E-state index in [2.05, 4.69) is 19.6 Å².